The molecule has 0 radical (unpaired) electrons. The summed E-state index contributed by atoms with van der Waals surface area (Å²) in [4.78, 5) is 16.6. The third-order valence-corrected chi connectivity index (χ3v) is 3.46. The van der Waals surface area contributed by atoms with Crippen molar-refractivity contribution in [3.05, 3.63) is 36.2 Å². The predicted molar refractivity (Wildman–Crippen MR) is 82.7 cm³/mol. The average Bonchev–Trinajstić information content (AvgIpc) is 2.80. The molecule has 112 valence electrons. The van der Waals surface area contributed by atoms with Gasteiger partial charge in [0.2, 0.25) is 5.91 Å². The average molecular weight is 286 g/mol. The first-order valence-corrected chi connectivity index (χ1v) is 7.19. The number of nitrogens with one attached hydrogen (secondary N) is 1. The largest absolute Gasteiger partial charge is 0.350 e. The van der Waals surface area contributed by atoms with E-state index in [4.69, 9.17) is 0 Å². The molecule has 0 aliphatic heterocycles. The van der Waals surface area contributed by atoms with Crippen molar-refractivity contribution in [1.29, 1.82) is 0 Å². The first-order valence-electron chi connectivity index (χ1n) is 7.19. The van der Waals surface area contributed by atoms with E-state index in [2.05, 4.69) is 22.3 Å². The highest BCUT2D eigenvalue weighted by atomic mass is 16.2. The van der Waals surface area contributed by atoms with E-state index >= 15 is 0 Å². The fourth-order valence-corrected chi connectivity index (χ4v) is 2.01. The van der Waals surface area contributed by atoms with Crippen LogP contribution in [0.15, 0.2) is 30.3 Å². The molecule has 1 aromatic carbocycles. The van der Waals surface area contributed by atoms with Crippen molar-refractivity contribution >= 4 is 5.91 Å². The van der Waals surface area contributed by atoms with Crippen LogP contribution in [0.4, 0.5) is 0 Å². The van der Waals surface area contributed by atoms with E-state index in [1.165, 1.54) is 0 Å². The van der Waals surface area contributed by atoms with Crippen LogP contribution < -0.4 is 5.32 Å². The molecule has 0 spiro atoms. The molecule has 21 heavy (non-hydrogen) atoms. The fraction of sp³-hybridized carbons (Fsp3) is 0.438. The maximum atomic E-state index is 12.2. The van der Waals surface area contributed by atoms with E-state index in [1.54, 1.807) is 4.68 Å². The van der Waals surface area contributed by atoms with Gasteiger partial charge in [0.1, 0.15) is 12.4 Å². The molecule has 2 aromatic rings. The maximum absolute atomic E-state index is 12.2. The molecule has 5 nitrogen and oxygen atoms in total. The number of hydrogen-bond donors (Lipinski definition) is 1. The summed E-state index contributed by atoms with van der Waals surface area (Å²) < 4.78 is 1.66. The molecule has 0 saturated heterocycles. The molecule has 0 aliphatic rings. The first kappa shape index (κ1) is 15.2. The normalized spacial score (nSPS) is 11.4. The van der Waals surface area contributed by atoms with Crippen LogP contribution >= 0.6 is 0 Å². The monoisotopic (exact) mass is 286 g/mol. The second-order valence-electron chi connectivity index (χ2n) is 5.79. The number of hydrogen-bond acceptors (Lipinski definition) is 3. The lowest BCUT2D eigenvalue weighted by molar-refractivity contribution is -0.123. The Morgan fingerprint density at radius 2 is 1.95 bits per heavy atom. The van der Waals surface area contributed by atoms with Crippen molar-refractivity contribution in [2.24, 2.45) is 0 Å². The predicted octanol–water partition coefficient (Wildman–Crippen LogP) is 2.56. The van der Waals surface area contributed by atoms with Crippen LogP contribution in [0, 0.1) is 6.92 Å². The summed E-state index contributed by atoms with van der Waals surface area (Å²) in [5, 5.41) is 7.34. The zero-order chi connectivity index (χ0) is 15.5. The van der Waals surface area contributed by atoms with E-state index in [0.717, 1.165) is 17.8 Å². The van der Waals surface area contributed by atoms with Gasteiger partial charge in [0.25, 0.3) is 0 Å². The van der Waals surface area contributed by atoms with E-state index in [9.17, 15) is 4.79 Å². The van der Waals surface area contributed by atoms with Crippen LogP contribution in [0.25, 0.3) is 11.4 Å². The lowest BCUT2D eigenvalue weighted by Gasteiger charge is -2.24. The molecule has 1 amide bonds. The standard InChI is InChI=1S/C16H22N4O/c1-5-16(3,4)18-14(21)11-20-15(17-12(2)19-20)13-9-7-6-8-10-13/h6-10H,5,11H2,1-4H3,(H,18,21). The fourth-order valence-electron chi connectivity index (χ4n) is 2.01. The quantitative estimate of drug-likeness (QED) is 0.919. The van der Waals surface area contributed by atoms with Crippen LogP contribution in [0.2, 0.25) is 0 Å². The van der Waals surface area contributed by atoms with E-state index in [0.29, 0.717) is 5.82 Å². The van der Waals surface area contributed by atoms with E-state index in [-0.39, 0.29) is 18.0 Å². The van der Waals surface area contributed by atoms with Gasteiger partial charge in [0, 0.05) is 11.1 Å². The van der Waals surface area contributed by atoms with Crippen molar-refractivity contribution in [2.45, 2.75) is 46.2 Å². The molecule has 0 atom stereocenters. The molecule has 0 unspecified atom stereocenters. The van der Waals surface area contributed by atoms with Crippen molar-refractivity contribution in [3.63, 3.8) is 0 Å². The molecular weight excluding hydrogens is 264 g/mol. The van der Waals surface area contributed by atoms with E-state index < -0.39 is 0 Å². The second-order valence-corrected chi connectivity index (χ2v) is 5.79. The highest BCUT2D eigenvalue weighted by Gasteiger charge is 2.19. The Bertz CT molecular complexity index is 616. The highest BCUT2D eigenvalue weighted by Crippen LogP contribution is 2.17. The minimum atomic E-state index is -0.209. The summed E-state index contributed by atoms with van der Waals surface area (Å²) in [6.07, 6.45) is 0.876. The molecule has 2 rings (SSSR count). The summed E-state index contributed by atoms with van der Waals surface area (Å²) in [6.45, 7) is 8.08. The molecular formula is C16H22N4O. The van der Waals surface area contributed by atoms with Crippen molar-refractivity contribution in [2.75, 3.05) is 0 Å². The molecule has 1 heterocycles. The second kappa shape index (κ2) is 6.08. The molecule has 5 heteroatoms. The molecule has 1 N–H and O–H groups in total. The Balaban J connectivity index is 2.20. The number of carbonyl (C=O) groups is 1. The Kier molecular flexibility index (Phi) is 4.40. The number of nitrogens with zero attached hydrogens (tertiary/aromatic N) is 3. The lowest BCUT2D eigenvalue weighted by Crippen LogP contribution is -2.44. The van der Waals surface area contributed by atoms with Gasteiger partial charge < -0.3 is 5.32 Å². The number of aromatic nitrogens is 3. The molecule has 0 aliphatic carbocycles. The van der Waals surface area contributed by atoms with Crippen LogP contribution in [0.3, 0.4) is 0 Å². The van der Waals surface area contributed by atoms with Gasteiger partial charge >= 0.3 is 0 Å². The number of benzene rings is 1. The minimum Gasteiger partial charge on any atom is -0.350 e. The topological polar surface area (TPSA) is 59.8 Å². The van der Waals surface area contributed by atoms with Crippen molar-refractivity contribution in [3.8, 4) is 11.4 Å². The summed E-state index contributed by atoms with van der Waals surface area (Å²) in [7, 11) is 0. The molecule has 0 fully saturated rings. The smallest absolute Gasteiger partial charge is 0.242 e. The van der Waals surface area contributed by atoms with Gasteiger partial charge in [-0.05, 0) is 27.2 Å². The molecule has 1 aromatic heterocycles. The third-order valence-electron chi connectivity index (χ3n) is 3.46. The van der Waals surface area contributed by atoms with Gasteiger partial charge in [-0.2, -0.15) is 5.10 Å². The van der Waals surface area contributed by atoms with Gasteiger partial charge in [-0.15, -0.1) is 0 Å². The zero-order valence-corrected chi connectivity index (χ0v) is 13.1. The number of carbonyl (C=O) groups excluding carboxylic acids is 1. The number of aryl methyl sites for hydroxylation is 1. The Labute approximate surface area is 125 Å². The lowest BCUT2D eigenvalue weighted by atomic mass is 10.0. The highest BCUT2D eigenvalue weighted by molar-refractivity contribution is 5.77. The summed E-state index contributed by atoms with van der Waals surface area (Å²) >= 11 is 0. The van der Waals surface area contributed by atoms with Gasteiger partial charge in [-0.25, -0.2) is 9.67 Å². The van der Waals surface area contributed by atoms with Crippen LogP contribution in [-0.2, 0) is 11.3 Å². The van der Waals surface area contributed by atoms with E-state index in [1.807, 2.05) is 51.1 Å². The van der Waals surface area contributed by atoms with Gasteiger partial charge in [0.05, 0.1) is 0 Å². The Morgan fingerprint density at radius 1 is 1.29 bits per heavy atom. The van der Waals surface area contributed by atoms with Crippen LogP contribution in [0.1, 0.15) is 33.0 Å². The van der Waals surface area contributed by atoms with Gasteiger partial charge in [-0.3, -0.25) is 4.79 Å². The summed E-state index contributed by atoms with van der Waals surface area (Å²) in [5.41, 5.74) is 0.750. The number of amides is 1. The van der Waals surface area contributed by atoms with Gasteiger partial charge in [0.15, 0.2) is 5.82 Å². The Morgan fingerprint density at radius 3 is 2.57 bits per heavy atom. The number of rotatable bonds is 5. The van der Waals surface area contributed by atoms with Gasteiger partial charge in [-0.1, -0.05) is 37.3 Å². The van der Waals surface area contributed by atoms with Crippen molar-refractivity contribution < 1.29 is 4.79 Å². The SMILES string of the molecule is CCC(C)(C)NC(=O)Cn1nc(C)nc1-c1ccccc1. The minimum absolute atomic E-state index is 0.0519. The first-order chi connectivity index (χ1) is 9.91. The van der Waals surface area contributed by atoms with Crippen LogP contribution in [0.5, 0.6) is 0 Å². The summed E-state index contributed by atoms with van der Waals surface area (Å²) in [5.74, 6) is 1.33. The maximum Gasteiger partial charge on any atom is 0.242 e. The Hall–Kier alpha value is -2.17. The zero-order valence-electron chi connectivity index (χ0n) is 13.1. The molecule has 0 bridgehead atoms. The summed E-state index contributed by atoms with van der Waals surface area (Å²) in [6, 6.07) is 9.78. The third kappa shape index (κ3) is 3.90. The van der Waals surface area contributed by atoms with Crippen LogP contribution in [-0.4, -0.2) is 26.2 Å². The molecule has 0 saturated carbocycles. The van der Waals surface area contributed by atoms with Crippen molar-refractivity contribution in [1.82, 2.24) is 20.1 Å².